The second kappa shape index (κ2) is 6.83. The standard InChI is InChI=1S/C15H19N3O3S/c1-9(15(21)18(2)3)16-13(19)8-12-14(20)17-10-6-4-5-7-11(10)22-12/h4-7,9,12H,8H2,1-3H3,(H,16,19)(H,17,20). The van der Waals surface area contributed by atoms with Crippen molar-refractivity contribution in [1.82, 2.24) is 10.2 Å². The normalized spacial score (nSPS) is 18.0. The first-order valence-electron chi connectivity index (χ1n) is 6.95. The van der Waals surface area contributed by atoms with Gasteiger partial charge in [-0.25, -0.2) is 0 Å². The Hall–Kier alpha value is -2.02. The van der Waals surface area contributed by atoms with Crippen molar-refractivity contribution >= 4 is 35.2 Å². The zero-order valence-electron chi connectivity index (χ0n) is 12.8. The lowest BCUT2D eigenvalue weighted by molar-refractivity contribution is -0.134. The Balaban J connectivity index is 1.95. The second-order valence-electron chi connectivity index (χ2n) is 5.32. The minimum Gasteiger partial charge on any atom is -0.347 e. The fourth-order valence-corrected chi connectivity index (χ4v) is 3.26. The summed E-state index contributed by atoms with van der Waals surface area (Å²) >= 11 is 1.37. The van der Waals surface area contributed by atoms with E-state index in [0.29, 0.717) is 0 Å². The maximum absolute atomic E-state index is 12.0. The number of thioether (sulfide) groups is 1. The molecule has 0 aromatic heterocycles. The molecule has 1 aromatic carbocycles. The number of nitrogens with one attached hydrogen (secondary N) is 2. The van der Waals surface area contributed by atoms with Crippen molar-refractivity contribution in [2.24, 2.45) is 0 Å². The molecule has 1 heterocycles. The lowest BCUT2D eigenvalue weighted by atomic mass is 10.2. The van der Waals surface area contributed by atoms with E-state index in [9.17, 15) is 14.4 Å². The van der Waals surface area contributed by atoms with Crippen LogP contribution >= 0.6 is 11.8 Å². The molecule has 0 spiro atoms. The molecule has 22 heavy (non-hydrogen) atoms. The number of fused-ring (bicyclic) bond motifs is 1. The maximum atomic E-state index is 12.0. The summed E-state index contributed by atoms with van der Waals surface area (Å²) in [5, 5.41) is 4.93. The Kier molecular flexibility index (Phi) is 5.07. The number of carbonyl (C=O) groups excluding carboxylic acids is 3. The second-order valence-corrected chi connectivity index (χ2v) is 6.56. The topological polar surface area (TPSA) is 78.5 Å². The third kappa shape index (κ3) is 3.79. The number of rotatable bonds is 4. The van der Waals surface area contributed by atoms with Crippen LogP contribution in [0.4, 0.5) is 5.69 Å². The van der Waals surface area contributed by atoms with Crippen LogP contribution in [0.5, 0.6) is 0 Å². The van der Waals surface area contributed by atoms with Crippen LogP contribution in [-0.4, -0.2) is 48.0 Å². The smallest absolute Gasteiger partial charge is 0.244 e. The molecule has 0 aliphatic carbocycles. The highest BCUT2D eigenvalue weighted by atomic mass is 32.2. The zero-order valence-corrected chi connectivity index (χ0v) is 13.6. The van der Waals surface area contributed by atoms with E-state index in [1.165, 1.54) is 16.7 Å². The van der Waals surface area contributed by atoms with Gasteiger partial charge in [0.1, 0.15) is 6.04 Å². The summed E-state index contributed by atoms with van der Waals surface area (Å²) in [5.41, 5.74) is 0.769. The van der Waals surface area contributed by atoms with Gasteiger partial charge in [0.05, 0.1) is 10.9 Å². The van der Waals surface area contributed by atoms with Crippen LogP contribution in [0.1, 0.15) is 13.3 Å². The zero-order chi connectivity index (χ0) is 16.3. The van der Waals surface area contributed by atoms with Gasteiger partial charge < -0.3 is 15.5 Å². The summed E-state index contributed by atoms with van der Waals surface area (Å²) in [7, 11) is 3.26. The van der Waals surface area contributed by atoms with Crippen LogP contribution in [-0.2, 0) is 14.4 Å². The number of benzene rings is 1. The fourth-order valence-electron chi connectivity index (χ4n) is 2.14. The molecule has 6 nitrogen and oxygen atoms in total. The number of anilines is 1. The van der Waals surface area contributed by atoms with Gasteiger partial charge in [0.25, 0.3) is 0 Å². The predicted molar refractivity (Wildman–Crippen MR) is 85.6 cm³/mol. The van der Waals surface area contributed by atoms with Crippen LogP contribution in [0, 0.1) is 0 Å². The van der Waals surface area contributed by atoms with Crippen molar-refractivity contribution < 1.29 is 14.4 Å². The molecule has 2 atom stereocenters. The van der Waals surface area contributed by atoms with Crippen LogP contribution in [0.3, 0.4) is 0 Å². The van der Waals surface area contributed by atoms with E-state index in [0.717, 1.165) is 10.6 Å². The first-order valence-corrected chi connectivity index (χ1v) is 7.83. The van der Waals surface area contributed by atoms with Gasteiger partial charge in [-0.2, -0.15) is 0 Å². The molecule has 7 heteroatoms. The number of nitrogens with zero attached hydrogens (tertiary/aromatic N) is 1. The molecule has 1 aromatic rings. The summed E-state index contributed by atoms with van der Waals surface area (Å²) in [6.45, 7) is 1.63. The highest BCUT2D eigenvalue weighted by Crippen LogP contribution is 2.36. The van der Waals surface area contributed by atoms with Crippen molar-refractivity contribution in [3.63, 3.8) is 0 Å². The third-order valence-electron chi connectivity index (χ3n) is 3.27. The minimum absolute atomic E-state index is 0.0376. The molecule has 1 aliphatic heterocycles. The molecule has 2 unspecified atom stereocenters. The van der Waals surface area contributed by atoms with Crippen LogP contribution < -0.4 is 10.6 Å². The Labute approximate surface area is 133 Å². The summed E-state index contributed by atoms with van der Waals surface area (Å²) in [6, 6.07) is 6.86. The minimum atomic E-state index is -0.605. The van der Waals surface area contributed by atoms with Gasteiger partial charge in [-0.1, -0.05) is 12.1 Å². The molecule has 0 saturated heterocycles. The monoisotopic (exact) mass is 321 g/mol. The molecule has 2 N–H and O–H groups in total. The number of carbonyl (C=O) groups is 3. The quantitative estimate of drug-likeness (QED) is 0.870. The molecule has 0 saturated carbocycles. The van der Waals surface area contributed by atoms with E-state index >= 15 is 0 Å². The molecule has 2 rings (SSSR count). The predicted octanol–water partition coefficient (Wildman–Crippen LogP) is 1.08. The number of amides is 3. The Morgan fingerprint density at radius 2 is 2.05 bits per heavy atom. The van der Waals surface area contributed by atoms with E-state index in [2.05, 4.69) is 10.6 Å². The molecule has 0 bridgehead atoms. The van der Waals surface area contributed by atoms with Crippen molar-refractivity contribution in [2.45, 2.75) is 29.5 Å². The van der Waals surface area contributed by atoms with Crippen molar-refractivity contribution in [3.05, 3.63) is 24.3 Å². The summed E-state index contributed by atoms with van der Waals surface area (Å²) in [5.74, 6) is -0.681. The van der Waals surface area contributed by atoms with Crippen LogP contribution in [0.2, 0.25) is 0 Å². The number of likely N-dealkylation sites (N-methyl/N-ethyl adjacent to an activating group) is 1. The summed E-state index contributed by atoms with van der Waals surface area (Å²) in [6.07, 6.45) is 0.0376. The van der Waals surface area contributed by atoms with E-state index in [-0.39, 0.29) is 24.1 Å². The van der Waals surface area contributed by atoms with E-state index < -0.39 is 11.3 Å². The van der Waals surface area contributed by atoms with Gasteiger partial charge in [0, 0.05) is 25.4 Å². The molecule has 0 fully saturated rings. The molecular formula is C15H19N3O3S. The molecule has 118 valence electrons. The first-order chi connectivity index (χ1) is 10.4. The summed E-state index contributed by atoms with van der Waals surface area (Å²) < 4.78 is 0. The Bertz CT molecular complexity index is 603. The molecular weight excluding hydrogens is 302 g/mol. The van der Waals surface area contributed by atoms with Gasteiger partial charge in [-0.3, -0.25) is 14.4 Å². The number of hydrogen-bond donors (Lipinski definition) is 2. The van der Waals surface area contributed by atoms with Crippen molar-refractivity contribution in [3.8, 4) is 0 Å². The van der Waals surface area contributed by atoms with Crippen LogP contribution in [0.25, 0.3) is 0 Å². The van der Waals surface area contributed by atoms with Crippen LogP contribution in [0.15, 0.2) is 29.2 Å². The van der Waals surface area contributed by atoms with Crippen molar-refractivity contribution in [1.29, 1.82) is 0 Å². The Morgan fingerprint density at radius 1 is 1.36 bits per heavy atom. The SMILES string of the molecule is CC(NC(=O)CC1Sc2ccccc2NC1=O)C(=O)N(C)C. The lowest BCUT2D eigenvalue weighted by Crippen LogP contribution is -2.45. The van der Waals surface area contributed by atoms with E-state index in [1.807, 2.05) is 24.3 Å². The Morgan fingerprint density at radius 3 is 2.73 bits per heavy atom. The molecule has 3 amide bonds. The van der Waals surface area contributed by atoms with E-state index in [4.69, 9.17) is 0 Å². The lowest BCUT2D eigenvalue weighted by Gasteiger charge is -2.24. The average molecular weight is 321 g/mol. The fraction of sp³-hybridized carbons (Fsp3) is 0.400. The van der Waals surface area contributed by atoms with Crippen molar-refractivity contribution in [2.75, 3.05) is 19.4 Å². The third-order valence-corrected chi connectivity index (χ3v) is 4.54. The van der Waals surface area contributed by atoms with Gasteiger partial charge in [-0.05, 0) is 19.1 Å². The highest BCUT2D eigenvalue weighted by Gasteiger charge is 2.29. The molecule has 1 aliphatic rings. The van der Waals surface area contributed by atoms with Gasteiger partial charge in [0.15, 0.2) is 0 Å². The summed E-state index contributed by atoms with van der Waals surface area (Å²) in [4.78, 5) is 38.2. The average Bonchev–Trinajstić information content (AvgIpc) is 2.46. The largest absolute Gasteiger partial charge is 0.347 e. The highest BCUT2D eigenvalue weighted by molar-refractivity contribution is 8.01. The number of para-hydroxylation sites is 1. The maximum Gasteiger partial charge on any atom is 0.244 e. The molecule has 0 radical (unpaired) electrons. The first kappa shape index (κ1) is 16.4. The number of hydrogen-bond acceptors (Lipinski definition) is 4. The van der Waals surface area contributed by atoms with Gasteiger partial charge in [0.2, 0.25) is 17.7 Å². The van der Waals surface area contributed by atoms with Gasteiger partial charge in [-0.15, -0.1) is 11.8 Å². The van der Waals surface area contributed by atoms with E-state index in [1.54, 1.807) is 21.0 Å². The van der Waals surface area contributed by atoms with Gasteiger partial charge >= 0.3 is 0 Å².